The van der Waals surface area contributed by atoms with Gasteiger partial charge < -0.3 is 9.84 Å². The van der Waals surface area contributed by atoms with E-state index < -0.39 is 6.08 Å². The van der Waals surface area contributed by atoms with Crippen LogP contribution in [0.25, 0.3) is 0 Å². The van der Waals surface area contributed by atoms with Gasteiger partial charge in [-0.2, -0.15) is 8.78 Å². The molecule has 1 aromatic carbocycles. The van der Waals surface area contributed by atoms with Gasteiger partial charge in [0, 0.05) is 24.0 Å². The molecule has 1 saturated carbocycles. The highest BCUT2D eigenvalue weighted by Crippen LogP contribution is 2.37. The van der Waals surface area contributed by atoms with Crippen LogP contribution in [0.3, 0.4) is 0 Å². The second kappa shape index (κ2) is 4.96. The molecule has 0 bridgehead atoms. The third-order valence-corrected chi connectivity index (χ3v) is 3.12. The van der Waals surface area contributed by atoms with Crippen molar-refractivity contribution in [3.63, 3.8) is 0 Å². The third kappa shape index (κ3) is 2.63. The lowest BCUT2D eigenvalue weighted by atomic mass is 9.89. The fourth-order valence-corrected chi connectivity index (χ4v) is 2.00. The summed E-state index contributed by atoms with van der Waals surface area (Å²) < 4.78 is 30.2. The highest BCUT2D eigenvalue weighted by atomic mass is 19.3. The van der Waals surface area contributed by atoms with E-state index in [0.29, 0.717) is 18.6 Å². The van der Waals surface area contributed by atoms with Gasteiger partial charge in [0.15, 0.2) is 0 Å². The van der Waals surface area contributed by atoms with Gasteiger partial charge in [-0.3, -0.25) is 0 Å². The largest absolute Gasteiger partial charge is 0.508 e. The Morgan fingerprint density at radius 1 is 1.33 bits per heavy atom. The summed E-state index contributed by atoms with van der Waals surface area (Å²) in [5.74, 6) is 1.07. The summed E-state index contributed by atoms with van der Waals surface area (Å²) in [4.78, 5) is 0. The maximum absolute atomic E-state index is 12.2. The van der Waals surface area contributed by atoms with Gasteiger partial charge in [0.2, 0.25) is 0 Å². The number of hydrogen-bond acceptors (Lipinski definition) is 2. The number of phenolic OH excluding ortho intramolecular Hbond substituents is 1. The van der Waals surface area contributed by atoms with Crippen LogP contribution in [0.4, 0.5) is 8.78 Å². The molecule has 0 saturated heterocycles. The van der Waals surface area contributed by atoms with Gasteiger partial charge in [-0.05, 0) is 24.1 Å². The quantitative estimate of drug-likeness (QED) is 0.875. The molecule has 98 valence electrons. The molecule has 1 aliphatic rings. The van der Waals surface area contributed by atoms with Crippen molar-refractivity contribution in [2.45, 2.75) is 38.7 Å². The van der Waals surface area contributed by atoms with E-state index >= 15 is 0 Å². The first-order valence-corrected chi connectivity index (χ1v) is 6.00. The fraction of sp³-hybridized carbons (Fsp3) is 0.429. The molecule has 1 N–H and O–H groups in total. The maximum Gasteiger partial charge on any atom is 0.269 e. The minimum absolute atomic E-state index is 0.177. The first-order valence-electron chi connectivity index (χ1n) is 6.00. The van der Waals surface area contributed by atoms with E-state index in [1.807, 2.05) is 13.8 Å². The highest BCUT2D eigenvalue weighted by molar-refractivity contribution is 5.42. The molecule has 2 nitrogen and oxygen atoms in total. The first-order chi connectivity index (χ1) is 8.47. The summed E-state index contributed by atoms with van der Waals surface area (Å²) in [5.41, 5.74) is 1.08. The van der Waals surface area contributed by atoms with Crippen molar-refractivity contribution < 1.29 is 18.6 Å². The van der Waals surface area contributed by atoms with Gasteiger partial charge >= 0.3 is 0 Å². The van der Waals surface area contributed by atoms with Crippen LogP contribution in [-0.4, -0.2) is 11.2 Å². The number of phenols is 1. The molecule has 1 fully saturated rings. The molecule has 0 aromatic heterocycles. The van der Waals surface area contributed by atoms with Crippen LogP contribution < -0.4 is 4.74 Å². The lowest BCUT2D eigenvalue weighted by molar-refractivity contribution is 0.151. The normalized spacial score (nSPS) is 18.7. The van der Waals surface area contributed by atoms with Crippen molar-refractivity contribution in [3.05, 3.63) is 35.4 Å². The number of hydrogen-bond donors (Lipinski definition) is 1. The molecule has 18 heavy (non-hydrogen) atoms. The summed E-state index contributed by atoms with van der Waals surface area (Å²) in [5, 5.41) is 9.44. The number of benzene rings is 1. The van der Waals surface area contributed by atoms with E-state index in [4.69, 9.17) is 4.74 Å². The highest BCUT2D eigenvalue weighted by Gasteiger charge is 2.29. The number of rotatable bonds is 3. The molecule has 0 spiro atoms. The van der Waals surface area contributed by atoms with Gasteiger partial charge in [-0.1, -0.05) is 13.8 Å². The Kier molecular flexibility index (Phi) is 3.55. The molecule has 0 radical (unpaired) electrons. The Balaban J connectivity index is 2.09. The van der Waals surface area contributed by atoms with Crippen LogP contribution in [0.5, 0.6) is 11.5 Å². The molecule has 1 aliphatic carbocycles. The zero-order chi connectivity index (χ0) is 13.3. The standard InChI is InChI=1S/C14H16F2O2/c1-8(2)12-7-10(17)3-4-13(12)18-11-5-9(6-11)14(15)16/h3-4,7-8,11,17H,5-6H2,1-2H3. The number of aromatic hydroxyl groups is 1. The average molecular weight is 254 g/mol. The lowest BCUT2D eigenvalue weighted by Crippen LogP contribution is -2.28. The maximum atomic E-state index is 12.2. The Bertz CT molecular complexity index is 469. The van der Waals surface area contributed by atoms with Crippen molar-refractivity contribution in [1.82, 2.24) is 0 Å². The Hall–Kier alpha value is -1.58. The number of ether oxygens (including phenoxy) is 1. The van der Waals surface area contributed by atoms with Crippen LogP contribution in [0.15, 0.2) is 29.9 Å². The Labute approximate surface area is 105 Å². The minimum atomic E-state index is -1.58. The van der Waals surface area contributed by atoms with Crippen LogP contribution in [0.2, 0.25) is 0 Å². The lowest BCUT2D eigenvalue weighted by Gasteiger charge is -2.30. The summed E-state index contributed by atoms with van der Waals surface area (Å²) in [7, 11) is 0. The molecule has 0 unspecified atom stereocenters. The Morgan fingerprint density at radius 3 is 2.56 bits per heavy atom. The minimum Gasteiger partial charge on any atom is -0.508 e. The van der Waals surface area contributed by atoms with Crippen molar-refractivity contribution >= 4 is 0 Å². The predicted octanol–water partition coefficient (Wildman–Crippen LogP) is 4.21. The van der Waals surface area contributed by atoms with Crippen molar-refractivity contribution in [1.29, 1.82) is 0 Å². The van der Waals surface area contributed by atoms with Gasteiger partial charge in [-0.25, -0.2) is 0 Å². The molecule has 0 amide bonds. The third-order valence-electron chi connectivity index (χ3n) is 3.12. The predicted molar refractivity (Wildman–Crippen MR) is 65.1 cm³/mol. The molecule has 4 heteroatoms. The summed E-state index contributed by atoms with van der Waals surface area (Å²) >= 11 is 0. The van der Waals surface area contributed by atoms with E-state index in [0.717, 1.165) is 5.56 Å². The van der Waals surface area contributed by atoms with Crippen molar-refractivity contribution in [3.8, 4) is 11.5 Å². The summed E-state index contributed by atoms with van der Waals surface area (Å²) in [6.07, 6.45) is -1.17. The fourth-order valence-electron chi connectivity index (χ4n) is 2.00. The smallest absolute Gasteiger partial charge is 0.269 e. The molecule has 1 aromatic rings. The van der Waals surface area contributed by atoms with Crippen molar-refractivity contribution in [2.24, 2.45) is 0 Å². The summed E-state index contributed by atoms with van der Waals surface area (Å²) in [6, 6.07) is 4.90. The zero-order valence-electron chi connectivity index (χ0n) is 10.4. The van der Waals surface area contributed by atoms with Crippen LogP contribution in [-0.2, 0) is 0 Å². The van der Waals surface area contributed by atoms with E-state index in [2.05, 4.69) is 0 Å². The van der Waals surface area contributed by atoms with Crippen LogP contribution in [0, 0.1) is 0 Å². The molecule has 0 aliphatic heterocycles. The second-order valence-corrected chi connectivity index (χ2v) is 4.89. The van der Waals surface area contributed by atoms with Gasteiger partial charge in [0.1, 0.15) is 17.6 Å². The van der Waals surface area contributed by atoms with E-state index in [1.54, 1.807) is 18.2 Å². The molecule has 0 atom stereocenters. The van der Waals surface area contributed by atoms with Crippen LogP contribution >= 0.6 is 0 Å². The second-order valence-electron chi connectivity index (χ2n) is 4.89. The first kappa shape index (κ1) is 12.9. The van der Waals surface area contributed by atoms with Gasteiger partial charge in [-0.15, -0.1) is 0 Å². The monoisotopic (exact) mass is 254 g/mol. The Morgan fingerprint density at radius 2 is 2.00 bits per heavy atom. The average Bonchev–Trinajstić information content (AvgIpc) is 2.23. The van der Waals surface area contributed by atoms with Gasteiger partial charge in [0.25, 0.3) is 6.08 Å². The van der Waals surface area contributed by atoms with Crippen LogP contribution in [0.1, 0.15) is 38.2 Å². The summed E-state index contributed by atoms with van der Waals surface area (Å²) in [6.45, 7) is 3.99. The molecular weight excluding hydrogens is 238 g/mol. The van der Waals surface area contributed by atoms with E-state index in [-0.39, 0.29) is 23.3 Å². The van der Waals surface area contributed by atoms with Gasteiger partial charge in [0.05, 0.1) is 0 Å². The number of halogens is 2. The topological polar surface area (TPSA) is 29.5 Å². The van der Waals surface area contributed by atoms with E-state index in [1.165, 1.54) is 0 Å². The van der Waals surface area contributed by atoms with Crippen molar-refractivity contribution in [2.75, 3.05) is 0 Å². The molecule has 0 heterocycles. The molecular formula is C14H16F2O2. The zero-order valence-corrected chi connectivity index (χ0v) is 10.4. The molecule has 2 rings (SSSR count). The SMILES string of the molecule is CC(C)c1cc(O)ccc1OC1CC(=C(F)F)C1. The van der Waals surface area contributed by atoms with E-state index in [9.17, 15) is 13.9 Å².